The third-order valence-electron chi connectivity index (χ3n) is 1.48. The van der Waals surface area contributed by atoms with Gasteiger partial charge in [-0.15, -0.1) is 0 Å². The second-order valence-electron chi connectivity index (χ2n) is 2.91. The van der Waals surface area contributed by atoms with Gasteiger partial charge in [0.05, 0.1) is 0 Å². The summed E-state index contributed by atoms with van der Waals surface area (Å²) in [7, 11) is 0. The summed E-state index contributed by atoms with van der Waals surface area (Å²) in [6.45, 7) is 3.03. The Balaban J connectivity index is 3.28. The number of rotatable bonds is 1. The molecule has 6 heteroatoms. The van der Waals surface area contributed by atoms with Crippen LogP contribution in [0.25, 0.3) is 0 Å². The van der Waals surface area contributed by atoms with Crippen molar-refractivity contribution in [2.24, 2.45) is 0 Å². The zero-order valence-electron chi connectivity index (χ0n) is 7.03. The summed E-state index contributed by atoms with van der Waals surface area (Å²) in [5.74, 6) is -1.90. The summed E-state index contributed by atoms with van der Waals surface area (Å²) in [5, 5.41) is 0. The van der Waals surface area contributed by atoms with Gasteiger partial charge in [0.25, 0.3) is 0 Å². The zero-order valence-corrected chi connectivity index (χ0v) is 7.03. The van der Waals surface area contributed by atoms with Gasteiger partial charge in [0.1, 0.15) is 5.76 Å². The Hall–Kier alpha value is -1.20. The van der Waals surface area contributed by atoms with Crippen LogP contribution < -0.4 is 5.76 Å². The molecule has 1 aromatic heterocycles. The van der Waals surface area contributed by atoms with Crippen molar-refractivity contribution >= 4 is 0 Å². The third-order valence-corrected chi connectivity index (χ3v) is 1.48. The highest BCUT2D eigenvalue weighted by Crippen LogP contribution is 2.32. The van der Waals surface area contributed by atoms with Gasteiger partial charge in [0.2, 0.25) is 0 Å². The second-order valence-corrected chi connectivity index (χ2v) is 2.91. The number of alkyl halides is 3. The Morgan fingerprint density at radius 3 is 2.23 bits per heavy atom. The molecule has 13 heavy (non-hydrogen) atoms. The van der Waals surface area contributed by atoms with E-state index in [1.807, 2.05) is 0 Å². The molecule has 0 aliphatic heterocycles. The molecule has 0 unspecified atom stereocenters. The number of hydrogen-bond acceptors (Lipinski definition) is 2. The van der Waals surface area contributed by atoms with Crippen molar-refractivity contribution in [2.75, 3.05) is 0 Å². The van der Waals surface area contributed by atoms with E-state index < -0.39 is 23.5 Å². The van der Waals surface area contributed by atoms with Crippen molar-refractivity contribution in [1.29, 1.82) is 0 Å². The molecule has 0 aliphatic rings. The fourth-order valence-corrected chi connectivity index (χ4v) is 0.957. The number of halogens is 3. The van der Waals surface area contributed by atoms with E-state index in [1.165, 1.54) is 13.8 Å². The van der Waals surface area contributed by atoms with E-state index >= 15 is 0 Å². The minimum Gasteiger partial charge on any atom is -0.412 e. The zero-order chi connectivity index (χ0) is 10.2. The minimum absolute atomic E-state index is 0.350. The molecule has 0 fully saturated rings. The van der Waals surface area contributed by atoms with Crippen LogP contribution in [0.4, 0.5) is 13.2 Å². The maximum Gasteiger partial charge on any atom is 0.434 e. The topological polar surface area (TPSA) is 46.0 Å². The number of aromatic amines is 1. The first kappa shape index (κ1) is 9.88. The minimum atomic E-state index is -4.56. The average Bonchev–Trinajstić information content (AvgIpc) is 2.29. The maximum absolute atomic E-state index is 12.2. The molecule has 1 rings (SSSR count). The van der Waals surface area contributed by atoms with Gasteiger partial charge < -0.3 is 4.42 Å². The summed E-state index contributed by atoms with van der Waals surface area (Å²) >= 11 is 0. The van der Waals surface area contributed by atoms with Gasteiger partial charge in [-0.05, 0) is 0 Å². The SMILES string of the molecule is CC(C)c1oc(=O)[nH]c1C(F)(F)F. The number of hydrogen-bond donors (Lipinski definition) is 1. The van der Waals surface area contributed by atoms with Gasteiger partial charge in [0, 0.05) is 5.92 Å². The normalized spacial score (nSPS) is 12.5. The standard InChI is InChI=1S/C7H8F3NO2/c1-3(2)4-5(7(8,9)10)11-6(12)13-4/h3H,1-2H3,(H,11,12). The van der Waals surface area contributed by atoms with Crippen molar-refractivity contribution in [2.45, 2.75) is 25.9 Å². The van der Waals surface area contributed by atoms with Crippen molar-refractivity contribution < 1.29 is 17.6 Å². The lowest BCUT2D eigenvalue weighted by Crippen LogP contribution is -2.10. The number of H-pyrrole nitrogens is 1. The molecule has 74 valence electrons. The lowest BCUT2D eigenvalue weighted by molar-refractivity contribution is -0.142. The van der Waals surface area contributed by atoms with Crippen LogP contribution in [-0.4, -0.2) is 4.98 Å². The van der Waals surface area contributed by atoms with Crippen molar-refractivity contribution in [3.8, 4) is 0 Å². The molecule has 1 aromatic rings. The Morgan fingerprint density at radius 2 is 1.92 bits per heavy atom. The highest BCUT2D eigenvalue weighted by atomic mass is 19.4. The summed E-state index contributed by atoms with van der Waals surface area (Å²) < 4.78 is 40.9. The molecule has 0 aromatic carbocycles. The summed E-state index contributed by atoms with van der Waals surface area (Å²) in [5.41, 5.74) is -1.09. The van der Waals surface area contributed by atoms with Crippen LogP contribution in [-0.2, 0) is 6.18 Å². The molecule has 0 aliphatic carbocycles. The first-order chi connectivity index (χ1) is 5.82. The number of nitrogens with one attached hydrogen (secondary N) is 1. The summed E-state index contributed by atoms with van der Waals surface area (Å²) in [6, 6.07) is 0. The van der Waals surface area contributed by atoms with E-state index in [1.54, 1.807) is 4.98 Å². The fraction of sp³-hybridized carbons (Fsp3) is 0.571. The predicted octanol–water partition coefficient (Wildman–Crippen LogP) is 2.11. The molecule has 0 bridgehead atoms. The smallest absolute Gasteiger partial charge is 0.412 e. The van der Waals surface area contributed by atoms with E-state index in [4.69, 9.17) is 0 Å². The molecule has 0 saturated heterocycles. The van der Waals surface area contributed by atoms with Crippen molar-refractivity contribution in [1.82, 2.24) is 4.98 Å². The van der Waals surface area contributed by atoms with Crippen LogP contribution in [0.2, 0.25) is 0 Å². The van der Waals surface area contributed by atoms with Gasteiger partial charge in [-0.25, -0.2) is 4.79 Å². The van der Waals surface area contributed by atoms with Crippen molar-refractivity contribution in [3.05, 3.63) is 22.0 Å². The molecule has 0 spiro atoms. The fourth-order valence-electron chi connectivity index (χ4n) is 0.957. The average molecular weight is 195 g/mol. The Morgan fingerprint density at radius 1 is 1.38 bits per heavy atom. The Labute approximate surface area is 71.6 Å². The lowest BCUT2D eigenvalue weighted by Gasteiger charge is -2.06. The van der Waals surface area contributed by atoms with Crippen molar-refractivity contribution in [3.63, 3.8) is 0 Å². The maximum atomic E-state index is 12.2. The van der Waals surface area contributed by atoms with E-state index in [2.05, 4.69) is 4.42 Å². The van der Waals surface area contributed by atoms with Gasteiger partial charge in [-0.3, -0.25) is 4.98 Å². The van der Waals surface area contributed by atoms with Gasteiger partial charge in [-0.1, -0.05) is 13.8 Å². The van der Waals surface area contributed by atoms with E-state index in [9.17, 15) is 18.0 Å². The third kappa shape index (κ3) is 1.93. The van der Waals surface area contributed by atoms with Gasteiger partial charge >= 0.3 is 11.9 Å². The molecule has 0 amide bonds. The van der Waals surface area contributed by atoms with Crippen LogP contribution in [0, 0.1) is 0 Å². The van der Waals surface area contributed by atoms with Crippen LogP contribution in [0.5, 0.6) is 0 Å². The molecule has 3 nitrogen and oxygen atoms in total. The van der Waals surface area contributed by atoms with E-state index in [-0.39, 0.29) is 5.76 Å². The second kappa shape index (κ2) is 2.93. The Kier molecular flexibility index (Phi) is 2.23. The lowest BCUT2D eigenvalue weighted by atomic mass is 10.1. The van der Waals surface area contributed by atoms with Gasteiger partial charge in [0.15, 0.2) is 5.69 Å². The largest absolute Gasteiger partial charge is 0.434 e. The molecule has 1 N–H and O–H groups in total. The molecular weight excluding hydrogens is 187 g/mol. The first-order valence-corrected chi connectivity index (χ1v) is 3.62. The summed E-state index contributed by atoms with van der Waals surface area (Å²) in [4.78, 5) is 12.2. The molecule has 0 atom stereocenters. The summed E-state index contributed by atoms with van der Waals surface area (Å²) in [6.07, 6.45) is -4.56. The van der Waals surface area contributed by atoms with E-state index in [0.717, 1.165) is 0 Å². The van der Waals surface area contributed by atoms with Crippen LogP contribution in [0.15, 0.2) is 9.21 Å². The highest BCUT2D eigenvalue weighted by molar-refractivity contribution is 5.14. The first-order valence-electron chi connectivity index (χ1n) is 3.62. The molecule has 0 saturated carbocycles. The number of oxazole rings is 1. The quantitative estimate of drug-likeness (QED) is 0.745. The van der Waals surface area contributed by atoms with Gasteiger partial charge in [-0.2, -0.15) is 13.2 Å². The number of aromatic nitrogens is 1. The molecule has 0 radical (unpaired) electrons. The van der Waals surface area contributed by atoms with Crippen LogP contribution >= 0.6 is 0 Å². The predicted molar refractivity (Wildman–Crippen MR) is 38.4 cm³/mol. The Bertz CT molecular complexity index is 347. The van der Waals surface area contributed by atoms with Crippen LogP contribution in [0.3, 0.4) is 0 Å². The van der Waals surface area contributed by atoms with Crippen LogP contribution in [0.1, 0.15) is 31.2 Å². The van der Waals surface area contributed by atoms with E-state index in [0.29, 0.717) is 0 Å². The molecular formula is C7H8F3NO2. The monoisotopic (exact) mass is 195 g/mol. The highest BCUT2D eigenvalue weighted by Gasteiger charge is 2.38. The molecule has 1 heterocycles.